The first-order valence-electron chi connectivity index (χ1n) is 6.92. The normalized spacial score (nSPS) is 16.4. The number of nitrogens with zero attached hydrogens (tertiary/aromatic N) is 1. The van der Waals surface area contributed by atoms with Crippen molar-refractivity contribution in [3.63, 3.8) is 0 Å². The highest BCUT2D eigenvalue weighted by Crippen LogP contribution is 2.38. The van der Waals surface area contributed by atoms with E-state index in [0.29, 0.717) is 37.3 Å². The molecule has 3 nitrogen and oxygen atoms in total. The van der Waals surface area contributed by atoms with Crippen molar-refractivity contribution in [1.82, 2.24) is 0 Å². The number of para-hydroxylation sites is 1. The Kier molecular flexibility index (Phi) is 4.77. The van der Waals surface area contributed by atoms with Crippen LogP contribution in [0.3, 0.4) is 0 Å². The summed E-state index contributed by atoms with van der Waals surface area (Å²) in [4.78, 5) is 2.12. The van der Waals surface area contributed by atoms with Crippen LogP contribution in [-0.4, -0.2) is 26.3 Å². The van der Waals surface area contributed by atoms with Crippen LogP contribution in [0.5, 0.6) is 0 Å². The standard InChI is InChI=1S/C15H23FN2O/c1-11(12-6-7-12)18(8-9-19-2)15-13(10-17)4-3-5-14(15)16/h3-5,11-12H,6-10,17H2,1-2H3. The van der Waals surface area contributed by atoms with Crippen LogP contribution in [0.15, 0.2) is 18.2 Å². The predicted octanol–water partition coefficient (Wildman–Crippen LogP) is 2.54. The zero-order chi connectivity index (χ0) is 13.8. The number of benzene rings is 1. The molecule has 1 aromatic carbocycles. The molecule has 0 bridgehead atoms. The van der Waals surface area contributed by atoms with Crippen molar-refractivity contribution in [3.8, 4) is 0 Å². The van der Waals surface area contributed by atoms with Crippen molar-refractivity contribution in [1.29, 1.82) is 0 Å². The fraction of sp³-hybridized carbons (Fsp3) is 0.600. The van der Waals surface area contributed by atoms with Crippen LogP contribution in [-0.2, 0) is 11.3 Å². The summed E-state index contributed by atoms with van der Waals surface area (Å²) in [5.74, 6) is 0.480. The molecule has 1 atom stereocenters. The van der Waals surface area contributed by atoms with Crippen molar-refractivity contribution < 1.29 is 9.13 Å². The van der Waals surface area contributed by atoms with E-state index < -0.39 is 0 Å². The summed E-state index contributed by atoms with van der Waals surface area (Å²) in [6, 6.07) is 5.46. The van der Waals surface area contributed by atoms with Crippen molar-refractivity contribution >= 4 is 5.69 Å². The van der Waals surface area contributed by atoms with Crippen LogP contribution < -0.4 is 10.6 Å². The lowest BCUT2D eigenvalue weighted by Gasteiger charge is -2.33. The minimum Gasteiger partial charge on any atom is -0.383 e. The van der Waals surface area contributed by atoms with Gasteiger partial charge in [0.25, 0.3) is 0 Å². The maximum atomic E-state index is 14.2. The van der Waals surface area contributed by atoms with Gasteiger partial charge in [-0.1, -0.05) is 12.1 Å². The van der Waals surface area contributed by atoms with Gasteiger partial charge in [0.15, 0.2) is 0 Å². The van der Waals surface area contributed by atoms with Gasteiger partial charge in [-0.3, -0.25) is 0 Å². The lowest BCUT2D eigenvalue weighted by atomic mass is 10.1. The van der Waals surface area contributed by atoms with Gasteiger partial charge in [-0.25, -0.2) is 4.39 Å². The van der Waals surface area contributed by atoms with Gasteiger partial charge in [0.1, 0.15) is 5.82 Å². The predicted molar refractivity (Wildman–Crippen MR) is 75.7 cm³/mol. The van der Waals surface area contributed by atoms with E-state index >= 15 is 0 Å². The third-order valence-corrected chi connectivity index (χ3v) is 3.91. The Bertz CT molecular complexity index is 421. The molecular weight excluding hydrogens is 243 g/mol. The summed E-state index contributed by atoms with van der Waals surface area (Å²) in [6.07, 6.45) is 2.47. The summed E-state index contributed by atoms with van der Waals surface area (Å²) in [7, 11) is 1.67. The largest absolute Gasteiger partial charge is 0.383 e. The molecule has 1 saturated carbocycles. The molecular formula is C15H23FN2O. The molecule has 0 aromatic heterocycles. The maximum Gasteiger partial charge on any atom is 0.146 e. The van der Waals surface area contributed by atoms with E-state index in [4.69, 9.17) is 10.5 Å². The number of nitrogens with two attached hydrogens (primary N) is 1. The van der Waals surface area contributed by atoms with Gasteiger partial charge in [-0.15, -0.1) is 0 Å². The van der Waals surface area contributed by atoms with Crippen LogP contribution in [0, 0.1) is 11.7 Å². The smallest absolute Gasteiger partial charge is 0.146 e. The molecule has 0 spiro atoms. The van der Waals surface area contributed by atoms with Gasteiger partial charge >= 0.3 is 0 Å². The monoisotopic (exact) mass is 266 g/mol. The van der Waals surface area contributed by atoms with E-state index in [1.807, 2.05) is 6.07 Å². The molecule has 0 aliphatic heterocycles. The van der Waals surface area contributed by atoms with Crippen LogP contribution in [0.25, 0.3) is 0 Å². The van der Waals surface area contributed by atoms with Gasteiger partial charge in [-0.2, -0.15) is 0 Å². The van der Waals surface area contributed by atoms with Crippen LogP contribution in [0.4, 0.5) is 10.1 Å². The third-order valence-electron chi connectivity index (χ3n) is 3.91. The first-order valence-corrected chi connectivity index (χ1v) is 6.92. The molecule has 4 heteroatoms. The molecule has 1 aliphatic rings. The maximum absolute atomic E-state index is 14.2. The fourth-order valence-corrected chi connectivity index (χ4v) is 2.59. The summed E-state index contributed by atoms with van der Waals surface area (Å²) < 4.78 is 19.4. The van der Waals surface area contributed by atoms with Gasteiger partial charge in [-0.05, 0) is 37.3 Å². The second-order valence-electron chi connectivity index (χ2n) is 5.22. The number of rotatable bonds is 7. The lowest BCUT2D eigenvalue weighted by Crippen LogP contribution is -2.38. The molecule has 0 heterocycles. The molecule has 1 fully saturated rings. The van der Waals surface area contributed by atoms with Gasteiger partial charge in [0.2, 0.25) is 0 Å². The molecule has 19 heavy (non-hydrogen) atoms. The number of hydrogen-bond donors (Lipinski definition) is 1. The lowest BCUT2D eigenvalue weighted by molar-refractivity contribution is 0.202. The van der Waals surface area contributed by atoms with Gasteiger partial charge in [0, 0.05) is 26.2 Å². The highest BCUT2D eigenvalue weighted by Gasteiger charge is 2.33. The van der Waals surface area contributed by atoms with E-state index in [9.17, 15) is 4.39 Å². The molecule has 1 aliphatic carbocycles. The number of hydrogen-bond acceptors (Lipinski definition) is 3. The van der Waals surface area contributed by atoms with E-state index in [-0.39, 0.29) is 5.82 Å². The second-order valence-corrected chi connectivity index (χ2v) is 5.22. The molecule has 106 valence electrons. The second kappa shape index (κ2) is 6.35. The van der Waals surface area contributed by atoms with Crippen molar-refractivity contribution in [2.45, 2.75) is 32.4 Å². The van der Waals surface area contributed by atoms with E-state index in [1.165, 1.54) is 18.9 Å². The van der Waals surface area contributed by atoms with Crippen LogP contribution in [0.1, 0.15) is 25.3 Å². The number of anilines is 1. The SMILES string of the molecule is COCCN(c1c(F)cccc1CN)C(C)C1CC1. The van der Waals surface area contributed by atoms with Gasteiger partial charge in [0.05, 0.1) is 12.3 Å². The topological polar surface area (TPSA) is 38.5 Å². The quantitative estimate of drug-likeness (QED) is 0.824. The number of halogens is 1. The van der Waals surface area contributed by atoms with E-state index in [0.717, 1.165) is 5.56 Å². The Morgan fingerprint density at radius 3 is 2.79 bits per heavy atom. The minimum atomic E-state index is -0.188. The van der Waals surface area contributed by atoms with Crippen molar-refractivity contribution in [3.05, 3.63) is 29.6 Å². The summed E-state index contributed by atoms with van der Waals surface area (Å²) in [5, 5.41) is 0. The molecule has 2 rings (SSSR count). The summed E-state index contributed by atoms with van der Waals surface area (Å²) >= 11 is 0. The van der Waals surface area contributed by atoms with Gasteiger partial charge < -0.3 is 15.4 Å². The molecule has 1 unspecified atom stereocenters. The molecule has 2 N–H and O–H groups in total. The highest BCUT2D eigenvalue weighted by molar-refractivity contribution is 5.56. The zero-order valence-electron chi connectivity index (χ0n) is 11.7. The zero-order valence-corrected chi connectivity index (χ0v) is 11.7. The Hall–Kier alpha value is -1.13. The summed E-state index contributed by atoms with van der Waals surface area (Å²) in [6.45, 7) is 3.81. The highest BCUT2D eigenvalue weighted by atomic mass is 19.1. The number of ether oxygens (including phenoxy) is 1. The van der Waals surface area contributed by atoms with E-state index in [1.54, 1.807) is 13.2 Å². The van der Waals surface area contributed by atoms with Crippen molar-refractivity contribution in [2.24, 2.45) is 11.7 Å². The Morgan fingerprint density at radius 1 is 1.47 bits per heavy atom. The number of methoxy groups -OCH3 is 1. The van der Waals surface area contributed by atoms with Crippen molar-refractivity contribution in [2.75, 3.05) is 25.2 Å². The molecule has 1 aromatic rings. The molecule has 0 saturated heterocycles. The summed E-state index contributed by atoms with van der Waals surface area (Å²) in [5.41, 5.74) is 7.27. The van der Waals surface area contributed by atoms with E-state index in [2.05, 4.69) is 11.8 Å². The fourth-order valence-electron chi connectivity index (χ4n) is 2.59. The Morgan fingerprint density at radius 2 is 2.21 bits per heavy atom. The molecule has 0 amide bonds. The van der Waals surface area contributed by atoms with Crippen LogP contribution in [0.2, 0.25) is 0 Å². The average Bonchev–Trinajstić information content (AvgIpc) is 3.24. The first-order chi connectivity index (χ1) is 9.19. The minimum absolute atomic E-state index is 0.188. The first kappa shape index (κ1) is 14.3. The average molecular weight is 266 g/mol. The Labute approximate surface area is 114 Å². The Balaban J connectivity index is 2.30. The third kappa shape index (κ3) is 3.25. The van der Waals surface area contributed by atoms with Crippen LogP contribution >= 0.6 is 0 Å². The molecule has 0 radical (unpaired) electrons.